The Morgan fingerprint density at radius 3 is 2.50 bits per heavy atom. The molecule has 1 aliphatic rings. The number of morpholine rings is 1. The van der Waals surface area contributed by atoms with Crippen LogP contribution in [0.1, 0.15) is 5.56 Å². The van der Waals surface area contributed by atoms with Crippen LogP contribution >= 0.6 is 39.9 Å². The number of thiocarbonyl (C=S) groups is 1. The molecule has 7 heteroatoms. The fourth-order valence-corrected chi connectivity index (χ4v) is 3.91. The Kier molecular flexibility index (Phi) is 7.49. The molecule has 1 saturated heterocycles. The zero-order valence-corrected chi connectivity index (χ0v) is 17.4. The van der Waals surface area contributed by atoms with E-state index in [0.29, 0.717) is 5.75 Å². The van der Waals surface area contributed by atoms with Gasteiger partial charge in [0.15, 0.2) is 0 Å². The molecular formula is C19H20BrN3OS2. The van der Waals surface area contributed by atoms with Crippen LogP contribution in [0.3, 0.4) is 0 Å². The lowest BCUT2D eigenvalue weighted by molar-refractivity contribution is 0.0702. The highest BCUT2D eigenvalue weighted by molar-refractivity contribution is 9.10. The van der Waals surface area contributed by atoms with Gasteiger partial charge in [-0.1, -0.05) is 70.2 Å². The highest BCUT2D eigenvalue weighted by atomic mass is 79.9. The van der Waals surface area contributed by atoms with Crippen molar-refractivity contribution in [2.75, 3.05) is 37.5 Å². The molecule has 0 amide bonds. The molecule has 26 heavy (non-hydrogen) atoms. The normalized spacial score (nSPS) is 15.0. The van der Waals surface area contributed by atoms with Crippen molar-refractivity contribution in [1.82, 2.24) is 4.90 Å². The van der Waals surface area contributed by atoms with Crippen molar-refractivity contribution in [3.8, 4) is 0 Å². The van der Waals surface area contributed by atoms with Crippen LogP contribution in [0.5, 0.6) is 0 Å². The zero-order chi connectivity index (χ0) is 18.2. The maximum absolute atomic E-state index is 5.59. The Balaban J connectivity index is 1.69. The maximum atomic E-state index is 5.59. The molecule has 0 aliphatic carbocycles. The molecule has 0 radical (unpaired) electrons. The van der Waals surface area contributed by atoms with Crippen LogP contribution < -0.4 is 5.43 Å². The molecular weight excluding hydrogens is 430 g/mol. The summed E-state index contributed by atoms with van der Waals surface area (Å²) in [6, 6.07) is 18.1. The molecule has 1 aliphatic heterocycles. The van der Waals surface area contributed by atoms with Crippen LogP contribution in [0.4, 0.5) is 5.69 Å². The molecule has 0 unspecified atom stereocenters. The summed E-state index contributed by atoms with van der Waals surface area (Å²) < 4.78 is 7.34. The molecule has 0 atom stereocenters. The number of halogens is 1. The van der Waals surface area contributed by atoms with E-state index in [1.54, 1.807) is 11.8 Å². The molecule has 0 bridgehead atoms. The Labute approximate surface area is 172 Å². The summed E-state index contributed by atoms with van der Waals surface area (Å²) in [4.78, 5) is 2.20. The van der Waals surface area contributed by atoms with E-state index in [-0.39, 0.29) is 0 Å². The third-order valence-corrected chi connectivity index (χ3v) is 5.94. The number of rotatable bonds is 5. The number of hydrogen-bond donors (Lipinski definition) is 1. The molecule has 1 fully saturated rings. The van der Waals surface area contributed by atoms with Crippen LogP contribution in [0.25, 0.3) is 0 Å². The van der Waals surface area contributed by atoms with Crippen molar-refractivity contribution in [3.05, 3.63) is 64.6 Å². The lowest BCUT2D eigenvalue weighted by Gasteiger charge is -2.28. The quantitative estimate of drug-likeness (QED) is 0.409. The first-order chi connectivity index (χ1) is 12.7. The van der Waals surface area contributed by atoms with Crippen LogP contribution in [0, 0.1) is 0 Å². The van der Waals surface area contributed by atoms with Crippen LogP contribution in [0.2, 0.25) is 0 Å². The van der Waals surface area contributed by atoms with E-state index in [1.807, 2.05) is 42.5 Å². The van der Waals surface area contributed by atoms with Crippen molar-refractivity contribution >= 4 is 55.6 Å². The predicted molar refractivity (Wildman–Crippen MR) is 118 cm³/mol. The van der Waals surface area contributed by atoms with Crippen molar-refractivity contribution < 1.29 is 4.74 Å². The summed E-state index contributed by atoms with van der Waals surface area (Å²) >= 11 is 10.7. The first kappa shape index (κ1) is 19.4. The summed E-state index contributed by atoms with van der Waals surface area (Å²) in [6.45, 7) is 3.20. The zero-order valence-electron chi connectivity index (χ0n) is 14.2. The first-order valence-electron chi connectivity index (χ1n) is 8.35. The monoisotopic (exact) mass is 449 g/mol. The molecule has 1 N–H and O–H groups in total. The van der Waals surface area contributed by atoms with E-state index in [1.165, 1.54) is 0 Å². The highest BCUT2D eigenvalue weighted by Gasteiger charge is 2.15. The van der Waals surface area contributed by atoms with Crippen molar-refractivity contribution in [2.45, 2.75) is 0 Å². The lowest BCUT2D eigenvalue weighted by atomic mass is 10.1. The smallest absolute Gasteiger partial charge is 0.136 e. The van der Waals surface area contributed by atoms with Crippen molar-refractivity contribution in [2.24, 2.45) is 5.10 Å². The van der Waals surface area contributed by atoms with E-state index < -0.39 is 0 Å². The largest absolute Gasteiger partial charge is 0.378 e. The summed E-state index contributed by atoms with van der Waals surface area (Å²) in [5.74, 6) is 0.706. The molecule has 1 heterocycles. The molecule has 0 saturated carbocycles. The Hall–Kier alpha value is -1.41. The average molecular weight is 450 g/mol. The number of nitrogens with one attached hydrogen (secondary N) is 1. The van der Waals surface area contributed by atoms with Gasteiger partial charge < -0.3 is 9.64 Å². The maximum Gasteiger partial charge on any atom is 0.136 e. The molecule has 136 valence electrons. The van der Waals surface area contributed by atoms with Crippen LogP contribution in [-0.4, -0.2) is 47.0 Å². The Morgan fingerprint density at radius 1 is 1.12 bits per heavy atom. The Bertz CT molecular complexity index is 747. The third kappa shape index (κ3) is 5.81. The number of nitrogens with zero attached hydrogens (tertiary/aromatic N) is 2. The van der Waals surface area contributed by atoms with Gasteiger partial charge in [0.25, 0.3) is 0 Å². The van der Waals surface area contributed by atoms with Gasteiger partial charge in [-0.15, -0.1) is 0 Å². The number of anilines is 1. The summed E-state index contributed by atoms with van der Waals surface area (Å²) in [7, 11) is 0. The fraction of sp³-hybridized carbons (Fsp3) is 0.263. The molecule has 3 rings (SSSR count). The highest BCUT2D eigenvalue weighted by Crippen LogP contribution is 2.17. The van der Waals surface area contributed by atoms with E-state index in [0.717, 1.165) is 52.1 Å². The number of para-hydroxylation sites is 1. The van der Waals surface area contributed by atoms with E-state index in [2.05, 4.69) is 43.5 Å². The van der Waals surface area contributed by atoms with Crippen LogP contribution in [0.15, 0.2) is 64.2 Å². The molecule has 4 nitrogen and oxygen atoms in total. The van der Waals surface area contributed by atoms with Crippen LogP contribution in [-0.2, 0) is 4.74 Å². The number of ether oxygens (including phenoxy) is 1. The second-order valence-corrected chi connectivity index (χ2v) is 8.22. The first-order valence-corrected chi connectivity index (χ1v) is 10.5. The van der Waals surface area contributed by atoms with Gasteiger partial charge >= 0.3 is 0 Å². The summed E-state index contributed by atoms with van der Waals surface area (Å²) in [5, 5.41) is 4.64. The molecule has 0 spiro atoms. The van der Waals surface area contributed by atoms with Crippen molar-refractivity contribution in [3.63, 3.8) is 0 Å². The van der Waals surface area contributed by atoms with Gasteiger partial charge in [-0.25, -0.2) is 0 Å². The van der Waals surface area contributed by atoms with Gasteiger partial charge in [-0.2, -0.15) is 5.10 Å². The van der Waals surface area contributed by atoms with Gasteiger partial charge in [-0.3, -0.25) is 5.43 Å². The molecule has 2 aromatic carbocycles. The van der Waals surface area contributed by atoms with Gasteiger partial charge in [0.05, 0.1) is 24.6 Å². The van der Waals surface area contributed by atoms with E-state index >= 15 is 0 Å². The standard InChI is InChI=1S/C19H20BrN3OS2/c20-16-8-6-15(7-9-16)18(22-21-17-4-2-1-3-5-17)14-26-19(25)23-10-12-24-13-11-23/h1-9,21H,10-14H2/b22-18-. The third-order valence-electron chi connectivity index (χ3n) is 3.87. The van der Waals surface area contributed by atoms with Gasteiger partial charge in [0.1, 0.15) is 4.32 Å². The fourth-order valence-electron chi connectivity index (χ4n) is 2.43. The Morgan fingerprint density at radius 2 is 1.81 bits per heavy atom. The van der Waals surface area contributed by atoms with Crippen molar-refractivity contribution in [1.29, 1.82) is 0 Å². The topological polar surface area (TPSA) is 36.9 Å². The minimum Gasteiger partial charge on any atom is -0.378 e. The minimum atomic E-state index is 0.706. The number of hydrazone groups is 1. The summed E-state index contributed by atoms with van der Waals surface area (Å²) in [5.41, 5.74) is 6.15. The second kappa shape index (κ2) is 10.1. The van der Waals surface area contributed by atoms with Gasteiger partial charge in [0, 0.05) is 23.3 Å². The number of hydrogen-bond acceptors (Lipinski definition) is 5. The van der Waals surface area contributed by atoms with Gasteiger partial charge in [0.2, 0.25) is 0 Å². The lowest BCUT2D eigenvalue weighted by Crippen LogP contribution is -2.38. The molecule has 2 aromatic rings. The van der Waals surface area contributed by atoms with Gasteiger partial charge in [-0.05, 0) is 29.8 Å². The minimum absolute atomic E-state index is 0.706. The number of benzene rings is 2. The molecule has 0 aromatic heterocycles. The SMILES string of the molecule is S=C(SC/C(=N/Nc1ccccc1)c1ccc(Br)cc1)N1CCOCC1. The van der Waals surface area contributed by atoms with E-state index in [4.69, 9.17) is 17.0 Å². The average Bonchev–Trinajstić information content (AvgIpc) is 2.70. The van der Waals surface area contributed by atoms with E-state index in [9.17, 15) is 0 Å². The predicted octanol–water partition coefficient (Wildman–Crippen LogP) is 4.62. The number of thioether (sulfide) groups is 1. The second-order valence-electron chi connectivity index (χ2n) is 5.70. The summed E-state index contributed by atoms with van der Waals surface area (Å²) in [6.07, 6.45) is 0.